The topological polar surface area (TPSA) is 44.8 Å². The Morgan fingerprint density at radius 1 is 1.39 bits per heavy atom. The number of carbonyl (C=O) groups is 1. The fourth-order valence-corrected chi connectivity index (χ4v) is 1.84. The molecule has 4 nitrogen and oxygen atoms in total. The summed E-state index contributed by atoms with van der Waals surface area (Å²) in [5.41, 5.74) is 0.782. The minimum absolute atomic E-state index is 0.206. The van der Waals surface area contributed by atoms with Crippen LogP contribution in [0.2, 0.25) is 5.02 Å². The summed E-state index contributed by atoms with van der Waals surface area (Å²) >= 11 is 6.10. The molecule has 98 valence electrons. The molecule has 0 fully saturated rings. The number of hydrogen-bond acceptors (Lipinski definition) is 4. The molecule has 0 aromatic heterocycles. The third-order valence-corrected chi connectivity index (χ3v) is 2.60. The lowest BCUT2D eigenvalue weighted by atomic mass is 10.1. The maximum Gasteiger partial charge on any atom is 0.308 e. The van der Waals surface area contributed by atoms with Crippen molar-refractivity contribution in [2.24, 2.45) is 0 Å². The standard InChI is InChI=1S/C13H15ClO4/c1-5-6-9-7-10(18-8(2)15)11(14)13(17-4)12(9)16-3/h5,7H,1,6H2,2-4H3. The highest BCUT2D eigenvalue weighted by molar-refractivity contribution is 6.34. The summed E-state index contributed by atoms with van der Waals surface area (Å²) in [4.78, 5) is 11.0. The molecule has 0 atom stereocenters. The average molecular weight is 271 g/mol. The number of allylic oxidation sites excluding steroid dienone is 1. The van der Waals surface area contributed by atoms with E-state index in [1.165, 1.54) is 21.1 Å². The number of halogens is 1. The zero-order valence-corrected chi connectivity index (χ0v) is 11.3. The van der Waals surface area contributed by atoms with E-state index < -0.39 is 5.97 Å². The molecule has 0 amide bonds. The Morgan fingerprint density at radius 3 is 2.44 bits per heavy atom. The second kappa shape index (κ2) is 6.31. The van der Waals surface area contributed by atoms with Crippen LogP contribution in [0, 0.1) is 0 Å². The van der Waals surface area contributed by atoms with Gasteiger partial charge in [-0.25, -0.2) is 0 Å². The van der Waals surface area contributed by atoms with Gasteiger partial charge in [-0.15, -0.1) is 6.58 Å². The summed E-state index contributed by atoms with van der Waals surface area (Å²) < 4.78 is 15.5. The Kier molecular flexibility index (Phi) is 5.04. The van der Waals surface area contributed by atoms with Crippen LogP contribution in [0.25, 0.3) is 0 Å². The van der Waals surface area contributed by atoms with Crippen molar-refractivity contribution in [3.8, 4) is 17.2 Å². The second-order valence-corrected chi connectivity index (χ2v) is 3.88. The summed E-state index contributed by atoms with van der Waals surface area (Å²) in [6.45, 7) is 4.97. The number of benzene rings is 1. The summed E-state index contributed by atoms with van der Waals surface area (Å²) in [7, 11) is 2.99. The Labute approximate surface area is 111 Å². The van der Waals surface area contributed by atoms with E-state index in [9.17, 15) is 4.79 Å². The van der Waals surface area contributed by atoms with Gasteiger partial charge in [-0.3, -0.25) is 4.79 Å². The van der Waals surface area contributed by atoms with Gasteiger partial charge in [-0.1, -0.05) is 17.7 Å². The highest BCUT2D eigenvalue weighted by Gasteiger charge is 2.19. The maximum atomic E-state index is 11.0. The zero-order valence-electron chi connectivity index (χ0n) is 10.6. The molecule has 0 spiro atoms. The fraction of sp³-hybridized carbons (Fsp3) is 0.308. The van der Waals surface area contributed by atoms with Gasteiger partial charge in [0, 0.05) is 12.5 Å². The number of hydrogen-bond donors (Lipinski definition) is 0. The lowest BCUT2D eigenvalue weighted by Gasteiger charge is -2.16. The first-order valence-corrected chi connectivity index (χ1v) is 5.65. The van der Waals surface area contributed by atoms with Crippen LogP contribution >= 0.6 is 11.6 Å². The molecule has 0 aliphatic rings. The molecule has 1 aromatic rings. The van der Waals surface area contributed by atoms with Gasteiger partial charge < -0.3 is 14.2 Å². The van der Waals surface area contributed by atoms with Crippen molar-refractivity contribution in [1.29, 1.82) is 0 Å². The molecule has 1 rings (SSSR count). The third-order valence-electron chi connectivity index (χ3n) is 2.25. The van der Waals surface area contributed by atoms with Crippen molar-refractivity contribution in [2.75, 3.05) is 14.2 Å². The molecule has 0 bridgehead atoms. The molecule has 0 saturated heterocycles. The van der Waals surface area contributed by atoms with Gasteiger partial charge >= 0.3 is 5.97 Å². The lowest BCUT2D eigenvalue weighted by molar-refractivity contribution is -0.131. The number of carbonyl (C=O) groups excluding carboxylic acids is 1. The zero-order chi connectivity index (χ0) is 13.7. The lowest BCUT2D eigenvalue weighted by Crippen LogP contribution is -2.04. The van der Waals surface area contributed by atoms with Gasteiger partial charge in [0.25, 0.3) is 0 Å². The van der Waals surface area contributed by atoms with Crippen molar-refractivity contribution in [3.05, 3.63) is 29.3 Å². The molecule has 0 radical (unpaired) electrons. The fourth-order valence-electron chi connectivity index (χ4n) is 1.59. The predicted octanol–water partition coefficient (Wildman–Crippen LogP) is 3.01. The molecule has 0 heterocycles. The second-order valence-electron chi connectivity index (χ2n) is 3.50. The predicted molar refractivity (Wildman–Crippen MR) is 69.8 cm³/mol. The molecule has 0 aliphatic carbocycles. The van der Waals surface area contributed by atoms with Gasteiger partial charge in [-0.05, 0) is 12.5 Å². The van der Waals surface area contributed by atoms with Crippen LogP contribution in [0.1, 0.15) is 12.5 Å². The van der Waals surface area contributed by atoms with Crippen LogP contribution in [0.5, 0.6) is 17.2 Å². The van der Waals surface area contributed by atoms with Crippen LogP contribution in [0.3, 0.4) is 0 Å². The first-order valence-electron chi connectivity index (χ1n) is 5.27. The summed E-state index contributed by atoms with van der Waals surface area (Å²) in [5, 5.41) is 0.206. The maximum absolute atomic E-state index is 11.0. The van der Waals surface area contributed by atoms with Crippen LogP contribution < -0.4 is 14.2 Å². The number of esters is 1. The van der Waals surface area contributed by atoms with Gasteiger partial charge in [0.2, 0.25) is 0 Å². The van der Waals surface area contributed by atoms with E-state index in [0.29, 0.717) is 17.9 Å². The van der Waals surface area contributed by atoms with E-state index in [4.69, 9.17) is 25.8 Å². The van der Waals surface area contributed by atoms with Crippen molar-refractivity contribution in [3.63, 3.8) is 0 Å². The Hall–Kier alpha value is -1.68. The highest BCUT2D eigenvalue weighted by atomic mass is 35.5. The number of ether oxygens (including phenoxy) is 3. The Balaban J connectivity index is 3.41. The van der Waals surface area contributed by atoms with Crippen LogP contribution in [0.4, 0.5) is 0 Å². The SMILES string of the molecule is C=CCc1cc(OC(C)=O)c(Cl)c(OC)c1OC. The van der Waals surface area contributed by atoms with E-state index in [1.54, 1.807) is 12.1 Å². The quantitative estimate of drug-likeness (QED) is 0.469. The molecule has 0 aliphatic heterocycles. The summed E-state index contributed by atoms with van der Waals surface area (Å²) in [6.07, 6.45) is 2.26. The molecular formula is C13H15ClO4. The minimum Gasteiger partial charge on any atom is -0.492 e. The van der Waals surface area contributed by atoms with Crippen molar-refractivity contribution < 1.29 is 19.0 Å². The average Bonchev–Trinajstić information content (AvgIpc) is 2.32. The van der Waals surface area contributed by atoms with Crippen LogP contribution in [-0.4, -0.2) is 20.2 Å². The van der Waals surface area contributed by atoms with Gasteiger partial charge in [0.1, 0.15) is 5.02 Å². The van der Waals surface area contributed by atoms with Gasteiger partial charge in [-0.2, -0.15) is 0 Å². The normalized spacial score (nSPS) is 9.78. The molecule has 18 heavy (non-hydrogen) atoms. The first-order chi connectivity index (χ1) is 8.54. The molecule has 1 aromatic carbocycles. The minimum atomic E-state index is -0.450. The molecule has 5 heteroatoms. The largest absolute Gasteiger partial charge is 0.492 e. The van der Waals surface area contributed by atoms with E-state index >= 15 is 0 Å². The van der Waals surface area contributed by atoms with E-state index in [1.807, 2.05) is 0 Å². The highest BCUT2D eigenvalue weighted by Crippen LogP contribution is 2.44. The summed E-state index contributed by atoms with van der Waals surface area (Å²) in [6, 6.07) is 1.65. The van der Waals surface area contributed by atoms with E-state index in [-0.39, 0.29) is 10.8 Å². The monoisotopic (exact) mass is 270 g/mol. The van der Waals surface area contributed by atoms with E-state index in [0.717, 1.165) is 5.56 Å². The van der Waals surface area contributed by atoms with Gasteiger partial charge in [0.15, 0.2) is 17.2 Å². The molecule has 0 unspecified atom stereocenters. The third kappa shape index (κ3) is 2.96. The Morgan fingerprint density at radius 2 is 2.00 bits per heavy atom. The van der Waals surface area contributed by atoms with E-state index in [2.05, 4.69) is 6.58 Å². The van der Waals surface area contributed by atoms with Crippen LogP contribution in [0.15, 0.2) is 18.7 Å². The van der Waals surface area contributed by atoms with Crippen molar-refractivity contribution in [2.45, 2.75) is 13.3 Å². The number of methoxy groups -OCH3 is 2. The molecular weight excluding hydrogens is 256 g/mol. The Bertz CT molecular complexity index is 469. The van der Waals surface area contributed by atoms with Crippen LogP contribution in [-0.2, 0) is 11.2 Å². The first kappa shape index (κ1) is 14.4. The molecule has 0 saturated carbocycles. The molecule has 0 N–H and O–H groups in total. The van der Waals surface area contributed by atoms with Crippen molar-refractivity contribution >= 4 is 17.6 Å². The smallest absolute Gasteiger partial charge is 0.308 e. The van der Waals surface area contributed by atoms with Gasteiger partial charge in [0.05, 0.1) is 14.2 Å². The van der Waals surface area contributed by atoms with Crippen molar-refractivity contribution in [1.82, 2.24) is 0 Å². The summed E-state index contributed by atoms with van der Waals surface area (Å²) in [5.74, 6) is 0.653. The number of rotatable bonds is 5.